The number of hydrogen-bond acceptors (Lipinski definition) is 8. The number of phosphoric acid groups is 1. The number of carbonyl (C=O) groups excluding carboxylic acids is 2. The van der Waals surface area contributed by atoms with Gasteiger partial charge in [-0.25, -0.2) is 4.57 Å². The Bertz CT molecular complexity index is 1750. The lowest BCUT2D eigenvalue weighted by molar-refractivity contribution is -0.161. The van der Waals surface area contributed by atoms with Gasteiger partial charge in [-0.15, -0.1) is 0 Å². The summed E-state index contributed by atoms with van der Waals surface area (Å²) in [7, 11) is -4.40. The molecule has 0 fully saturated rings. The molecule has 0 radical (unpaired) electrons. The molecular weight excluding hydrogens is 966 g/mol. The van der Waals surface area contributed by atoms with E-state index in [2.05, 4.69) is 160 Å². The molecule has 0 aliphatic carbocycles. The van der Waals surface area contributed by atoms with Crippen molar-refractivity contribution in [1.29, 1.82) is 0 Å². The van der Waals surface area contributed by atoms with Gasteiger partial charge in [-0.1, -0.05) is 243 Å². The minimum atomic E-state index is -4.40. The predicted molar refractivity (Wildman–Crippen MR) is 325 cm³/mol. The van der Waals surface area contributed by atoms with E-state index in [1.54, 1.807) is 0 Å². The molecule has 0 aromatic carbocycles. The molecule has 0 saturated heterocycles. The Morgan fingerprint density at radius 3 is 1.08 bits per heavy atom. The van der Waals surface area contributed by atoms with Crippen LogP contribution in [0.2, 0.25) is 0 Å². The Morgan fingerprint density at radius 2 is 0.724 bits per heavy atom. The lowest BCUT2D eigenvalue weighted by Crippen LogP contribution is -2.29. The maximum atomic E-state index is 12.7. The summed E-state index contributed by atoms with van der Waals surface area (Å²) in [5.74, 6) is -0.858. The zero-order valence-electron chi connectivity index (χ0n) is 47.9. The quantitative estimate of drug-likeness (QED) is 0.0264. The van der Waals surface area contributed by atoms with Crippen LogP contribution in [0.3, 0.4) is 0 Å². The van der Waals surface area contributed by atoms with Crippen LogP contribution in [0.4, 0.5) is 0 Å². The fourth-order valence-electron chi connectivity index (χ4n) is 7.56. The third-order valence-electron chi connectivity index (χ3n) is 12.0. The van der Waals surface area contributed by atoms with Gasteiger partial charge in [0.2, 0.25) is 0 Å². The molecule has 2 unspecified atom stereocenters. The fourth-order valence-corrected chi connectivity index (χ4v) is 8.33. The number of hydrogen-bond donors (Lipinski definition) is 2. The van der Waals surface area contributed by atoms with Crippen LogP contribution in [0.25, 0.3) is 0 Å². The molecule has 0 aliphatic heterocycles. The standard InChI is InChI=1S/C66H108NO8P/c1-3-5-7-9-11-13-15-17-19-20-21-22-23-24-25-26-27-28-29-30-31-32-33-34-35-36-37-38-39-40-41-42-43-44-45-47-49-51-53-55-57-59-66(69)75-64(63-74-76(70,71)73-61-60-67)62-72-65(68)58-56-54-52-50-48-46-18-16-14-12-10-8-6-4-2/h5,7,10-13,16-19,21-22,24-25,27-28,30-31,33-34,36-37,39-40,64H,3-4,6,8-9,14-15,20,23,26,29,32,35,38,41-63,67H2,1-2H3,(H,70,71)/b7-5-,12-10-,13-11-,18-16-,19-17-,22-21-,25-24-,28-27-,31-30-,34-33-,37-36-,40-39-. The van der Waals surface area contributed by atoms with Crippen molar-refractivity contribution < 1.29 is 37.6 Å². The Balaban J connectivity index is 3.96. The number of rotatable bonds is 54. The molecule has 430 valence electrons. The zero-order chi connectivity index (χ0) is 55.2. The van der Waals surface area contributed by atoms with Crippen LogP contribution in [-0.2, 0) is 32.7 Å². The summed E-state index contributed by atoms with van der Waals surface area (Å²) in [4.78, 5) is 35.1. The van der Waals surface area contributed by atoms with E-state index in [0.717, 1.165) is 135 Å². The molecule has 0 amide bonds. The van der Waals surface area contributed by atoms with Gasteiger partial charge in [-0.3, -0.25) is 18.6 Å². The first-order valence-corrected chi connectivity index (χ1v) is 31.3. The van der Waals surface area contributed by atoms with Crippen LogP contribution in [0.15, 0.2) is 146 Å². The summed E-state index contributed by atoms with van der Waals surface area (Å²) in [6, 6.07) is 0. The molecule has 9 nitrogen and oxygen atoms in total. The molecule has 0 aromatic heterocycles. The molecule has 0 spiro atoms. The van der Waals surface area contributed by atoms with E-state index in [1.807, 2.05) is 0 Å². The lowest BCUT2D eigenvalue weighted by atomic mass is 10.0. The highest BCUT2D eigenvalue weighted by Crippen LogP contribution is 2.43. The molecule has 76 heavy (non-hydrogen) atoms. The highest BCUT2D eigenvalue weighted by atomic mass is 31.2. The topological polar surface area (TPSA) is 134 Å². The first-order chi connectivity index (χ1) is 37.3. The minimum Gasteiger partial charge on any atom is -0.462 e. The molecule has 0 rings (SSSR count). The van der Waals surface area contributed by atoms with Crippen molar-refractivity contribution in [3.05, 3.63) is 146 Å². The van der Waals surface area contributed by atoms with Crippen molar-refractivity contribution in [2.24, 2.45) is 5.73 Å². The first-order valence-electron chi connectivity index (χ1n) is 29.8. The Morgan fingerprint density at radius 1 is 0.408 bits per heavy atom. The van der Waals surface area contributed by atoms with Crippen molar-refractivity contribution >= 4 is 19.8 Å². The van der Waals surface area contributed by atoms with Gasteiger partial charge in [-0.05, 0) is 116 Å². The second kappa shape index (κ2) is 60.1. The molecule has 2 atom stereocenters. The summed E-state index contributed by atoms with van der Waals surface area (Å²) in [6.45, 7) is 3.54. The van der Waals surface area contributed by atoms with Gasteiger partial charge in [0.1, 0.15) is 6.61 Å². The van der Waals surface area contributed by atoms with E-state index < -0.39 is 32.5 Å². The third-order valence-corrected chi connectivity index (χ3v) is 12.9. The van der Waals surface area contributed by atoms with E-state index in [-0.39, 0.29) is 32.6 Å². The van der Waals surface area contributed by atoms with E-state index >= 15 is 0 Å². The highest BCUT2D eigenvalue weighted by molar-refractivity contribution is 7.47. The largest absolute Gasteiger partial charge is 0.472 e. The van der Waals surface area contributed by atoms with Crippen molar-refractivity contribution in [1.82, 2.24) is 0 Å². The average molecular weight is 1070 g/mol. The summed E-state index contributed by atoms with van der Waals surface area (Å²) >= 11 is 0. The minimum absolute atomic E-state index is 0.0441. The molecule has 0 saturated carbocycles. The normalized spacial score (nSPS) is 14.1. The Hall–Kier alpha value is -4.11. The van der Waals surface area contributed by atoms with Gasteiger partial charge in [0.25, 0.3) is 0 Å². The van der Waals surface area contributed by atoms with Gasteiger partial charge in [0, 0.05) is 19.4 Å². The number of ether oxygens (including phenoxy) is 2. The lowest BCUT2D eigenvalue weighted by Gasteiger charge is -2.19. The maximum Gasteiger partial charge on any atom is 0.472 e. The fraction of sp³-hybridized carbons (Fsp3) is 0.606. The van der Waals surface area contributed by atoms with Crippen molar-refractivity contribution in [2.45, 2.75) is 232 Å². The van der Waals surface area contributed by atoms with Crippen LogP contribution in [-0.4, -0.2) is 49.3 Å². The second-order valence-corrected chi connectivity index (χ2v) is 20.6. The van der Waals surface area contributed by atoms with Gasteiger partial charge in [-0.2, -0.15) is 0 Å². The zero-order valence-corrected chi connectivity index (χ0v) is 48.8. The van der Waals surface area contributed by atoms with E-state index in [4.69, 9.17) is 24.3 Å². The van der Waals surface area contributed by atoms with Crippen LogP contribution < -0.4 is 5.73 Å². The third kappa shape index (κ3) is 59.1. The monoisotopic (exact) mass is 1070 g/mol. The smallest absolute Gasteiger partial charge is 0.462 e. The summed E-state index contributed by atoms with van der Waals surface area (Å²) in [6.07, 6.45) is 86.3. The van der Waals surface area contributed by atoms with E-state index in [1.165, 1.54) is 51.4 Å². The molecule has 0 aliphatic rings. The molecule has 0 heterocycles. The van der Waals surface area contributed by atoms with Gasteiger partial charge >= 0.3 is 19.8 Å². The summed E-state index contributed by atoms with van der Waals surface area (Å²) in [5.41, 5.74) is 5.37. The predicted octanol–water partition coefficient (Wildman–Crippen LogP) is 19.1. The molecule has 0 bridgehead atoms. The van der Waals surface area contributed by atoms with Crippen molar-refractivity contribution in [3.8, 4) is 0 Å². The van der Waals surface area contributed by atoms with Crippen molar-refractivity contribution in [3.63, 3.8) is 0 Å². The summed E-state index contributed by atoms with van der Waals surface area (Å²) in [5, 5.41) is 0. The average Bonchev–Trinajstić information content (AvgIpc) is 3.41. The van der Waals surface area contributed by atoms with Gasteiger partial charge in [0.15, 0.2) is 6.10 Å². The van der Waals surface area contributed by atoms with Crippen molar-refractivity contribution in [2.75, 3.05) is 26.4 Å². The van der Waals surface area contributed by atoms with Crippen LogP contribution in [0.5, 0.6) is 0 Å². The highest BCUT2D eigenvalue weighted by Gasteiger charge is 2.26. The van der Waals surface area contributed by atoms with Crippen LogP contribution in [0.1, 0.15) is 226 Å². The first kappa shape index (κ1) is 71.9. The van der Waals surface area contributed by atoms with Gasteiger partial charge in [0.05, 0.1) is 13.2 Å². The Labute approximate surface area is 465 Å². The number of carbonyl (C=O) groups is 2. The number of phosphoric ester groups is 1. The second-order valence-electron chi connectivity index (χ2n) is 19.1. The van der Waals surface area contributed by atoms with E-state index in [9.17, 15) is 19.0 Å². The number of unbranched alkanes of at least 4 members (excludes halogenated alkanes) is 17. The number of allylic oxidation sites excluding steroid dienone is 24. The molecular formula is C66H108NO8P. The molecule has 3 N–H and O–H groups in total. The van der Waals surface area contributed by atoms with Gasteiger partial charge < -0.3 is 20.1 Å². The summed E-state index contributed by atoms with van der Waals surface area (Å²) < 4.78 is 32.9. The SMILES string of the molecule is CC/C=C\C/C=C\C/C=C\C/C=C\C/C=C\C/C=C\C/C=C\C/C=C\C/C=C\C/C=C\CCCCCCCCCCCCC(=O)OC(COC(=O)CCCCCCC/C=C\C/C=C\CCCC)COP(=O)(O)OCCN. The van der Waals surface area contributed by atoms with E-state index in [0.29, 0.717) is 12.8 Å². The number of esters is 2. The molecule has 10 heteroatoms. The Kier molecular flexibility index (Phi) is 56.9. The maximum absolute atomic E-state index is 12.7. The van der Waals surface area contributed by atoms with Crippen LogP contribution >= 0.6 is 7.82 Å². The molecule has 0 aromatic rings. The van der Waals surface area contributed by atoms with Crippen LogP contribution in [0, 0.1) is 0 Å². The number of nitrogens with two attached hydrogens (primary N) is 1.